The maximum absolute atomic E-state index is 12.2. The lowest BCUT2D eigenvalue weighted by Crippen LogP contribution is -2.04. The Kier molecular flexibility index (Phi) is 3.13. The highest BCUT2D eigenvalue weighted by molar-refractivity contribution is 5.64. The lowest BCUT2D eigenvalue weighted by molar-refractivity contribution is -0.0494. The molecule has 0 atom stereocenters. The van der Waals surface area contributed by atoms with E-state index in [0.29, 0.717) is 11.3 Å². The number of halogens is 2. The first-order valence-electron chi connectivity index (χ1n) is 4.78. The van der Waals surface area contributed by atoms with Gasteiger partial charge in [0.2, 0.25) is 0 Å². The zero-order valence-corrected chi connectivity index (χ0v) is 8.68. The fraction of sp³-hybridized carbons (Fsp3) is 0.0909. The van der Waals surface area contributed by atoms with Crippen molar-refractivity contribution in [2.45, 2.75) is 6.61 Å². The fourth-order valence-electron chi connectivity index (χ4n) is 1.33. The van der Waals surface area contributed by atoms with Gasteiger partial charge in [-0.05, 0) is 12.1 Å². The molecular weight excluding hydrogens is 228 g/mol. The summed E-state index contributed by atoms with van der Waals surface area (Å²) in [6, 6.07) is 6.32. The molecule has 88 valence electrons. The van der Waals surface area contributed by atoms with E-state index in [1.807, 2.05) is 0 Å². The van der Waals surface area contributed by atoms with Crippen LogP contribution in [0.15, 0.2) is 36.7 Å². The second-order valence-corrected chi connectivity index (χ2v) is 3.21. The number of nitrogens with two attached hydrogens (primary N) is 1. The minimum atomic E-state index is -2.88. The molecule has 2 aromatic rings. The Morgan fingerprint density at radius 2 is 1.76 bits per heavy atom. The van der Waals surface area contributed by atoms with Gasteiger partial charge in [-0.25, -0.2) is 9.97 Å². The van der Waals surface area contributed by atoms with Crippen LogP contribution in [0.3, 0.4) is 0 Å². The molecule has 0 aliphatic rings. The summed E-state index contributed by atoms with van der Waals surface area (Å²) in [4.78, 5) is 7.91. The number of benzene rings is 1. The monoisotopic (exact) mass is 237 g/mol. The van der Waals surface area contributed by atoms with Crippen LogP contribution in [-0.2, 0) is 0 Å². The van der Waals surface area contributed by atoms with Gasteiger partial charge in [-0.3, -0.25) is 0 Å². The molecule has 2 rings (SSSR count). The van der Waals surface area contributed by atoms with Gasteiger partial charge in [-0.2, -0.15) is 8.78 Å². The van der Waals surface area contributed by atoms with Gasteiger partial charge in [0, 0.05) is 0 Å². The molecule has 1 aromatic carbocycles. The Morgan fingerprint density at radius 3 is 2.41 bits per heavy atom. The van der Waals surface area contributed by atoms with E-state index >= 15 is 0 Å². The number of rotatable bonds is 3. The Bertz CT molecular complexity index is 502. The Labute approximate surface area is 96.1 Å². The Hall–Kier alpha value is -2.24. The van der Waals surface area contributed by atoms with E-state index in [2.05, 4.69) is 14.7 Å². The summed E-state index contributed by atoms with van der Waals surface area (Å²) in [6.07, 6.45) is 2.81. The average Bonchev–Trinajstić information content (AvgIpc) is 2.30. The van der Waals surface area contributed by atoms with Crippen molar-refractivity contribution in [2.24, 2.45) is 0 Å². The predicted molar refractivity (Wildman–Crippen MR) is 58.5 cm³/mol. The first kappa shape index (κ1) is 11.3. The van der Waals surface area contributed by atoms with Crippen LogP contribution in [-0.4, -0.2) is 16.6 Å². The van der Waals surface area contributed by atoms with Gasteiger partial charge in [0.1, 0.15) is 5.75 Å². The molecule has 0 saturated heterocycles. The van der Waals surface area contributed by atoms with Crippen LogP contribution in [0.5, 0.6) is 5.75 Å². The van der Waals surface area contributed by atoms with Gasteiger partial charge >= 0.3 is 6.61 Å². The molecule has 6 heteroatoms. The molecule has 0 spiro atoms. The van der Waals surface area contributed by atoms with Gasteiger partial charge in [-0.1, -0.05) is 12.1 Å². The molecule has 0 unspecified atom stereocenters. The highest BCUT2D eigenvalue weighted by Crippen LogP contribution is 2.28. The first-order valence-corrected chi connectivity index (χ1v) is 4.78. The molecule has 0 radical (unpaired) electrons. The van der Waals surface area contributed by atoms with E-state index < -0.39 is 6.61 Å². The second kappa shape index (κ2) is 4.73. The third kappa shape index (κ3) is 2.66. The Morgan fingerprint density at radius 1 is 1.12 bits per heavy atom. The molecule has 0 fully saturated rings. The van der Waals surface area contributed by atoms with E-state index in [0.717, 1.165) is 0 Å². The number of nitrogen functional groups attached to an aromatic ring is 1. The third-order valence-electron chi connectivity index (χ3n) is 2.02. The number of nitrogens with zero attached hydrogens (tertiary/aromatic N) is 2. The van der Waals surface area contributed by atoms with Crippen molar-refractivity contribution in [3.8, 4) is 17.1 Å². The van der Waals surface area contributed by atoms with E-state index in [9.17, 15) is 8.78 Å². The van der Waals surface area contributed by atoms with Crippen molar-refractivity contribution >= 4 is 5.69 Å². The van der Waals surface area contributed by atoms with Crippen LogP contribution in [0.4, 0.5) is 14.5 Å². The van der Waals surface area contributed by atoms with E-state index in [4.69, 9.17) is 5.73 Å². The molecule has 0 amide bonds. The molecular formula is C11H9F2N3O. The molecule has 0 aliphatic heterocycles. The van der Waals surface area contributed by atoms with Crippen molar-refractivity contribution in [1.82, 2.24) is 9.97 Å². The zero-order chi connectivity index (χ0) is 12.3. The predicted octanol–water partition coefficient (Wildman–Crippen LogP) is 2.33. The molecule has 0 saturated carbocycles. The van der Waals surface area contributed by atoms with Crippen molar-refractivity contribution in [3.63, 3.8) is 0 Å². The summed E-state index contributed by atoms with van der Waals surface area (Å²) in [5.74, 6) is 0.322. The van der Waals surface area contributed by atoms with E-state index in [-0.39, 0.29) is 11.6 Å². The summed E-state index contributed by atoms with van der Waals surface area (Å²) >= 11 is 0. The third-order valence-corrected chi connectivity index (χ3v) is 2.02. The fourth-order valence-corrected chi connectivity index (χ4v) is 1.33. The molecule has 1 aromatic heterocycles. The number of hydrogen-bond acceptors (Lipinski definition) is 4. The minimum absolute atomic E-state index is 0.0345. The standard InChI is InChI=1S/C11H9F2N3O/c12-11(13)17-9-4-2-1-3-8(9)10-15-5-7(14)6-16-10/h1-6,11H,14H2. The van der Waals surface area contributed by atoms with Crippen LogP contribution in [0.2, 0.25) is 0 Å². The number of aromatic nitrogens is 2. The van der Waals surface area contributed by atoms with E-state index in [1.165, 1.54) is 18.5 Å². The molecule has 17 heavy (non-hydrogen) atoms. The van der Waals surface area contributed by atoms with E-state index in [1.54, 1.807) is 18.2 Å². The summed E-state index contributed by atoms with van der Waals surface area (Å²) in [5, 5.41) is 0. The molecule has 1 heterocycles. The number of alkyl halides is 2. The quantitative estimate of drug-likeness (QED) is 0.889. The largest absolute Gasteiger partial charge is 0.434 e. The Balaban J connectivity index is 2.40. The van der Waals surface area contributed by atoms with Gasteiger partial charge in [0.25, 0.3) is 0 Å². The minimum Gasteiger partial charge on any atom is -0.434 e. The smallest absolute Gasteiger partial charge is 0.387 e. The topological polar surface area (TPSA) is 61.0 Å². The van der Waals surface area contributed by atoms with Crippen LogP contribution >= 0.6 is 0 Å². The molecule has 4 nitrogen and oxygen atoms in total. The van der Waals surface area contributed by atoms with Gasteiger partial charge in [0.05, 0.1) is 23.6 Å². The molecule has 0 aliphatic carbocycles. The van der Waals surface area contributed by atoms with Crippen molar-refractivity contribution in [1.29, 1.82) is 0 Å². The van der Waals surface area contributed by atoms with Gasteiger partial charge in [-0.15, -0.1) is 0 Å². The SMILES string of the molecule is Nc1cnc(-c2ccccc2OC(F)F)nc1. The summed E-state index contributed by atoms with van der Waals surface area (Å²) in [6.45, 7) is -2.88. The van der Waals surface area contributed by atoms with Crippen LogP contribution in [0.25, 0.3) is 11.4 Å². The highest BCUT2D eigenvalue weighted by atomic mass is 19.3. The van der Waals surface area contributed by atoms with Crippen molar-refractivity contribution < 1.29 is 13.5 Å². The lowest BCUT2D eigenvalue weighted by atomic mass is 10.2. The van der Waals surface area contributed by atoms with Crippen molar-refractivity contribution in [2.75, 3.05) is 5.73 Å². The molecule has 0 bridgehead atoms. The second-order valence-electron chi connectivity index (χ2n) is 3.21. The van der Waals surface area contributed by atoms with Crippen molar-refractivity contribution in [3.05, 3.63) is 36.7 Å². The summed E-state index contributed by atoms with van der Waals surface area (Å²) in [7, 11) is 0. The summed E-state index contributed by atoms with van der Waals surface area (Å²) < 4.78 is 28.8. The lowest BCUT2D eigenvalue weighted by Gasteiger charge is -2.09. The maximum atomic E-state index is 12.2. The normalized spacial score (nSPS) is 10.5. The number of hydrogen-bond donors (Lipinski definition) is 1. The summed E-state index contributed by atoms with van der Waals surface area (Å²) in [5.41, 5.74) is 6.25. The number of para-hydroxylation sites is 1. The van der Waals surface area contributed by atoms with Gasteiger partial charge < -0.3 is 10.5 Å². The van der Waals surface area contributed by atoms with Crippen LogP contribution in [0, 0.1) is 0 Å². The average molecular weight is 237 g/mol. The highest BCUT2D eigenvalue weighted by Gasteiger charge is 2.12. The molecule has 2 N–H and O–H groups in total. The maximum Gasteiger partial charge on any atom is 0.387 e. The van der Waals surface area contributed by atoms with Gasteiger partial charge in [0.15, 0.2) is 5.82 Å². The first-order chi connectivity index (χ1) is 8.16. The number of ether oxygens (including phenoxy) is 1. The zero-order valence-electron chi connectivity index (χ0n) is 8.68. The number of anilines is 1. The van der Waals surface area contributed by atoms with Crippen LogP contribution < -0.4 is 10.5 Å². The van der Waals surface area contributed by atoms with Crippen LogP contribution in [0.1, 0.15) is 0 Å².